The molecule has 5 rings (SSSR count). The number of nitrogens with zero attached hydrogens (tertiary/aromatic N) is 1. The largest absolute Gasteiger partial charge is 0.462 e. The first kappa shape index (κ1) is 24.5. The predicted molar refractivity (Wildman–Crippen MR) is 134 cm³/mol. The van der Waals surface area contributed by atoms with E-state index in [0.717, 1.165) is 42.5 Å². The van der Waals surface area contributed by atoms with Crippen molar-refractivity contribution in [1.29, 1.82) is 0 Å². The third-order valence-corrected chi connectivity index (χ3v) is 8.18. The molecule has 1 aromatic heterocycles. The van der Waals surface area contributed by atoms with Gasteiger partial charge in [0.1, 0.15) is 11.9 Å². The fourth-order valence-corrected chi connectivity index (χ4v) is 6.64. The van der Waals surface area contributed by atoms with E-state index in [9.17, 15) is 14.0 Å². The second-order valence-corrected chi connectivity index (χ2v) is 10.3. The number of carbonyl (C=O) groups is 2. The summed E-state index contributed by atoms with van der Waals surface area (Å²) in [6.07, 6.45) is 9.07. The molecule has 190 valence electrons. The molecule has 0 radical (unpaired) electrons. The van der Waals surface area contributed by atoms with Crippen LogP contribution in [0.3, 0.4) is 0 Å². The molecule has 0 spiro atoms. The molecule has 0 unspecified atom stereocenters. The molecule has 3 aliphatic rings. The topological polar surface area (TPSA) is 77.5 Å². The van der Waals surface area contributed by atoms with Crippen LogP contribution in [0.2, 0.25) is 0 Å². The zero-order valence-electron chi connectivity index (χ0n) is 20.7. The fraction of sp³-hybridized carbons (Fsp3) is 0.483. The zero-order chi connectivity index (χ0) is 25.2. The average Bonchev–Trinajstić information content (AvgIpc) is 3.15. The Balaban J connectivity index is 1.34. The second kappa shape index (κ2) is 10.4. The minimum absolute atomic E-state index is 0.0679. The van der Waals surface area contributed by atoms with E-state index in [1.807, 2.05) is 31.2 Å². The van der Waals surface area contributed by atoms with Crippen molar-refractivity contribution in [2.45, 2.75) is 51.7 Å². The Hall–Kier alpha value is -3.22. The number of pyridine rings is 1. The molecular formula is C29H33FN2O4. The Labute approximate surface area is 211 Å². The molecule has 1 saturated heterocycles. The number of carbonyl (C=O) groups excluding carboxylic acids is 2. The first-order valence-corrected chi connectivity index (χ1v) is 13.0. The minimum atomic E-state index is -0.368. The number of allylic oxidation sites excluding steroid dienone is 1. The lowest BCUT2D eigenvalue weighted by atomic mass is 9.57. The average molecular weight is 493 g/mol. The normalized spacial score (nSPS) is 31.4. The van der Waals surface area contributed by atoms with Crippen LogP contribution >= 0.6 is 0 Å². The van der Waals surface area contributed by atoms with Gasteiger partial charge >= 0.3 is 12.1 Å². The summed E-state index contributed by atoms with van der Waals surface area (Å²) in [5.74, 6) is 0.629. The van der Waals surface area contributed by atoms with Crippen molar-refractivity contribution in [3.05, 3.63) is 60.2 Å². The third-order valence-electron chi connectivity index (χ3n) is 8.18. The van der Waals surface area contributed by atoms with Crippen LogP contribution in [-0.4, -0.2) is 35.8 Å². The van der Waals surface area contributed by atoms with Gasteiger partial charge in [0, 0.05) is 23.7 Å². The monoisotopic (exact) mass is 492 g/mol. The van der Waals surface area contributed by atoms with E-state index in [1.54, 1.807) is 19.2 Å². The van der Waals surface area contributed by atoms with Crippen molar-refractivity contribution < 1.29 is 23.5 Å². The summed E-state index contributed by atoms with van der Waals surface area (Å²) in [5.41, 5.74) is 2.48. The first-order valence-electron chi connectivity index (χ1n) is 13.0. The number of amides is 1. The molecule has 2 aliphatic carbocycles. The number of cyclic esters (lactones) is 1. The maximum atomic E-state index is 13.6. The molecule has 2 saturated carbocycles. The van der Waals surface area contributed by atoms with E-state index in [-0.39, 0.29) is 47.8 Å². The molecule has 2 aromatic rings. The summed E-state index contributed by atoms with van der Waals surface area (Å²) in [7, 11) is 0. The molecule has 2 heterocycles. The van der Waals surface area contributed by atoms with Gasteiger partial charge in [-0.25, -0.2) is 9.18 Å². The van der Waals surface area contributed by atoms with Gasteiger partial charge in [0.05, 0.1) is 18.2 Å². The highest BCUT2D eigenvalue weighted by Gasteiger charge is 2.54. The van der Waals surface area contributed by atoms with Gasteiger partial charge in [-0.3, -0.25) is 9.78 Å². The van der Waals surface area contributed by atoms with Crippen molar-refractivity contribution in [2.24, 2.45) is 29.6 Å². The highest BCUT2D eigenvalue weighted by Crippen LogP contribution is 2.53. The molecule has 6 nitrogen and oxygen atoms in total. The van der Waals surface area contributed by atoms with Gasteiger partial charge in [0.2, 0.25) is 0 Å². The molecule has 1 amide bonds. The lowest BCUT2D eigenvalue weighted by Crippen LogP contribution is -2.48. The fourth-order valence-electron chi connectivity index (χ4n) is 6.64. The van der Waals surface area contributed by atoms with Crippen molar-refractivity contribution >= 4 is 18.1 Å². The SMILES string of the molecule is CCOC(=O)N[C@@H]1CC[C@@H]2[C@@H](C1)C[C@@H]1C(=O)O[C@H](C)[C@H]1[C@H]2/C=C/c1ccc(-c2cccc(F)c2)cn1. The highest BCUT2D eigenvalue weighted by molar-refractivity contribution is 5.75. The number of benzene rings is 1. The second-order valence-electron chi connectivity index (χ2n) is 10.3. The predicted octanol–water partition coefficient (Wildman–Crippen LogP) is 5.63. The van der Waals surface area contributed by atoms with Gasteiger partial charge in [-0.1, -0.05) is 24.3 Å². The van der Waals surface area contributed by atoms with E-state index in [1.165, 1.54) is 12.1 Å². The standard InChI is InChI=1S/C29H33FN2O4/c1-3-35-29(34)32-23-10-11-24-20(14-23)15-26-27(17(2)36-28(26)33)25(24)12-9-22-8-7-19(16-31-22)18-5-4-6-21(30)13-18/h4-9,12-13,16-17,20,23-27H,3,10-11,14-15H2,1-2H3,(H,32,34)/b12-9+/t17-,20+,23-,24-,25+,26+,27+/m1/s1. The lowest BCUT2D eigenvalue weighted by molar-refractivity contribution is -0.144. The summed E-state index contributed by atoms with van der Waals surface area (Å²) in [6, 6.07) is 10.4. The number of hydrogen-bond donors (Lipinski definition) is 1. The molecule has 7 heteroatoms. The zero-order valence-corrected chi connectivity index (χ0v) is 20.7. The number of aromatic nitrogens is 1. The van der Waals surface area contributed by atoms with E-state index in [2.05, 4.69) is 16.4 Å². The minimum Gasteiger partial charge on any atom is -0.462 e. The molecule has 1 N–H and O–H groups in total. The van der Waals surface area contributed by atoms with E-state index in [0.29, 0.717) is 18.4 Å². The molecular weight excluding hydrogens is 459 g/mol. The lowest BCUT2D eigenvalue weighted by Gasteiger charge is -2.47. The van der Waals surface area contributed by atoms with Gasteiger partial charge in [-0.2, -0.15) is 0 Å². The van der Waals surface area contributed by atoms with Gasteiger partial charge in [0.15, 0.2) is 0 Å². The Morgan fingerprint density at radius 3 is 2.83 bits per heavy atom. The Morgan fingerprint density at radius 2 is 2.08 bits per heavy atom. The van der Waals surface area contributed by atoms with Crippen LogP contribution in [0.5, 0.6) is 0 Å². The van der Waals surface area contributed by atoms with Crippen molar-refractivity contribution in [1.82, 2.24) is 10.3 Å². The number of halogens is 1. The number of nitrogens with one attached hydrogen (secondary N) is 1. The van der Waals surface area contributed by atoms with Crippen LogP contribution < -0.4 is 5.32 Å². The van der Waals surface area contributed by atoms with Crippen LogP contribution in [0.4, 0.5) is 9.18 Å². The Morgan fingerprint density at radius 1 is 1.22 bits per heavy atom. The number of ether oxygens (including phenoxy) is 2. The van der Waals surface area contributed by atoms with Crippen molar-refractivity contribution in [3.63, 3.8) is 0 Å². The molecule has 3 fully saturated rings. The van der Waals surface area contributed by atoms with Gasteiger partial charge < -0.3 is 14.8 Å². The maximum Gasteiger partial charge on any atom is 0.407 e. The van der Waals surface area contributed by atoms with Gasteiger partial charge in [-0.15, -0.1) is 0 Å². The number of hydrogen-bond acceptors (Lipinski definition) is 5. The highest BCUT2D eigenvalue weighted by atomic mass is 19.1. The molecule has 36 heavy (non-hydrogen) atoms. The van der Waals surface area contributed by atoms with Crippen LogP contribution in [0, 0.1) is 35.4 Å². The van der Waals surface area contributed by atoms with Gasteiger partial charge in [0.25, 0.3) is 0 Å². The van der Waals surface area contributed by atoms with Crippen molar-refractivity contribution in [3.8, 4) is 11.1 Å². The summed E-state index contributed by atoms with van der Waals surface area (Å²) < 4.78 is 24.3. The maximum absolute atomic E-state index is 13.6. The quantitative estimate of drug-likeness (QED) is 0.548. The van der Waals surface area contributed by atoms with Crippen LogP contribution in [-0.2, 0) is 14.3 Å². The molecule has 1 aliphatic heterocycles. The van der Waals surface area contributed by atoms with Crippen molar-refractivity contribution in [2.75, 3.05) is 6.61 Å². The molecule has 0 bridgehead atoms. The number of esters is 1. The van der Waals surface area contributed by atoms with Gasteiger partial charge in [-0.05, 0) is 87.1 Å². The van der Waals surface area contributed by atoms with Crippen LogP contribution in [0.25, 0.3) is 17.2 Å². The molecule has 7 atom stereocenters. The van der Waals surface area contributed by atoms with E-state index < -0.39 is 0 Å². The van der Waals surface area contributed by atoms with Crippen LogP contribution in [0.1, 0.15) is 45.2 Å². The first-order chi connectivity index (χ1) is 17.4. The number of rotatable bonds is 5. The smallest absolute Gasteiger partial charge is 0.407 e. The van der Waals surface area contributed by atoms with E-state index in [4.69, 9.17) is 9.47 Å². The van der Waals surface area contributed by atoms with E-state index >= 15 is 0 Å². The Kier molecular flexibility index (Phi) is 7.08. The number of fused-ring (bicyclic) bond motifs is 2. The Bertz CT molecular complexity index is 1130. The third kappa shape index (κ3) is 5.01. The summed E-state index contributed by atoms with van der Waals surface area (Å²) in [5, 5.41) is 3.00. The van der Waals surface area contributed by atoms with Crippen LogP contribution in [0.15, 0.2) is 48.7 Å². The summed E-state index contributed by atoms with van der Waals surface area (Å²) in [4.78, 5) is 29.2. The summed E-state index contributed by atoms with van der Waals surface area (Å²) in [6.45, 7) is 4.15. The number of alkyl carbamates (subject to hydrolysis) is 1. The summed E-state index contributed by atoms with van der Waals surface area (Å²) >= 11 is 0. The molecule has 1 aromatic carbocycles.